The molecular weight excluding hydrogens is 287 g/mol. The molecule has 0 aliphatic heterocycles. The van der Waals surface area contributed by atoms with E-state index >= 15 is 0 Å². The Bertz CT molecular complexity index is 452. The van der Waals surface area contributed by atoms with Gasteiger partial charge in [0.05, 0.1) is 12.6 Å². The summed E-state index contributed by atoms with van der Waals surface area (Å²) in [6, 6.07) is 4.95. The smallest absolute Gasteiger partial charge is 0.236 e. The van der Waals surface area contributed by atoms with Crippen LogP contribution in [0.1, 0.15) is 11.7 Å². The number of hydrogen-bond acceptors (Lipinski definition) is 3. The maximum Gasteiger partial charge on any atom is 0.236 e. The van der Waals surface area contributed by atoms with Gasteiger partial charge in [0, 0.05) is 36.2 Å². The SMILES string of the molecule is CN(CC(=O)N(C)C)C[C@@H](O)c1cc(Cl)ccc1Cl. The Morgan fingerprint density at radius 1 is 1.32 bits per heavy atom. The van der Waals surface area contributed by atoms with E-state index in [4.69, 9.17) is 23.2 Å². The van der Waals surface area contributed by atoms with Gasteiger partial charge in [-0.1, -0.05) is 23.2 Å². The van der Waals surface area contributed by atoms with Crippen molar-refractivity contribution < 1.29 is 9.90 Å². The van der Waals surface area contributed by atoms with Gasteiger partial charge in [-0.2, -0.15) is 0 Å². The normalized spacial score (nSPS) is 12.6. The first-order valence-corrected chi connectivity index (χ1v) is 6.58. The first-order chi connectivity index (χ1) is 8.81. The van der Waals surface area contributed by atoms with Crippen molar-refractivity contribution in [1.82, 2.24) is 9.80 Å². The van der Waals surface area contributed by atoms with Crippen LogP contribution in [0.25, 0.3) is 0 Å². The lowest BCUT2D eigenvalue weighted by Crippen LogP contribution is -2.36. The Morgan fingerprint density at radius 3 is 2.53 bits per heavy atom. The van der Waals surface area contributed by atoms with E-state index in [2.05, 4.69) is 0 Å². The van der Waals surface area contributed by atoms with Crippen molar-refractivity contribution in [1.29, 1.82) is 0 Å². The fourth-order valence-corrected chi connectivity index (χ4v) is 2.02. The molecule has 1 amide bonds. The third-order valence-electron chi connectivity index (χ3n) is 2.71. The Labute approximate surface area is 123 Å². The number of amides is 1. The first kappa shape index (κ1) is 16.2. The van der Waals surface area contributed by atoms with Gasteiger partial charge in [-0.25, -0.2) is 0 Å². The van der Waals surface area contributed by atoms with Crippen LogP contribution in [0.3, 0.4) is 0 Å². The molecule has 0 bridgehead atoms. The van der Waals surface area contributed by atoms with Crippen LogP contribution in [0.15, 0.2) is 18.2 Å². The average molecular weight is 305 g/mol. The second kappa shape index (κ2) is 7.10. The van der Waals surface area contributed by atoms with E-state index in [0.29, 0.717) is 22.2 Å². The number of carbonyl (C=O) groups excluding carboxylic acids is 1. The Morgan fingerprint density at radius 2 is 1.95 bits per heavy atom. The number of rotatable bonds is 5. The standard InChI is InChI=1S/C13H18Cl2N2O2/c1-16(2)13(19)8-17(3)7-12(18)10-6-9(14)4-5-11(10)15/h4-6,12,18H,7-8H2,1-3H3/t12-/m1/s1. The lowest BCUT2D eigenvalue weighted by Gasteiger charge is -2.22. The minimum absolute atomic E-state index is 0.0214. The number of aliphatic hydroxyl groups is 1. The summed E-state index contributed by atoms with van der Waals surface area (Å²) in [5.74, 6) is -0.0214. The fourth-order valence-electron chi connectivity index (χ4n) is 1.60. The van der Waals surface area contributed by atoms with Crippen molar-refractivity contribution in [2.45, 2.75) is 6.10 Å². The average Bonchev–Trinajstić information content (AvgIpc) is 2.31. The third-order valence-corrected chi connectivity index (χ3v) is 3.28. The molecule has 19 heavy (non-hydrogen) atoms. The summed E-state index contributed by atoms with van der Waals surface area (Å²) in [5, 5.41) is 11.1. The van der Waals surface area contributed by atoms with Crippen LogP contribution in [0, 0.1) is 0 Å². The van der Waals surface area contributed by atoms with Gasteiger partial charge < -0.3 is 10.0 Å². The Balaban J connectivity index is 2.66. The van der Waals surface area contributed by atoms with Gasteiger partial charge in [-0.05, 0) is 25.2 Å². The molecule has 1 N–H and O–H groups in total. The number of benzene rings is 1. The Hall–Kier alpha value is -0.810. The molecule has 0 radical (unpaired) electrons. The molecule has 0 aliphatic rings. The number of likely N-dealkylation sites (N-methyl/N-ethyl adjacent to an activating group) is 2. The van der Waals surface area contributed by atoms with E-state index in [1.165, 1.54) is 4.90 Å². The topological polar surface area (TPSA) is 43.8 Å². The summed E-state index contributed by atoms with van der Waals surface area (Å²) in [7, 11) is 5.16. The molecule has 1 aromatic rings. The van der Waals surface area contributed by atoms with Crippen molar-refractivity contribution in [3.8, 4) is 0 Å². The summed E-state index contributed by atoms with van der Waals surface area (Å²) >= 11 is 11.9. The molecule has 0 unspecified atom stereocenters. The fraction of sp³-hybridized carbons (Fsp3) is 0.462. The molecule has 1 atom stereocenters. The van der Waals surface area contributed by atoms with Crippen LogP contribution in [0.4, 0.5) is 0 Å². The zero-order chi connectivity index (χ0) is 14.6. The number of hydrogen-bond donors (Lipinski definition) is 1. The summed E-state index contributed by atoms with van der Waals surface area (Å²) in [6.45, 7) is 0.544. The van der Waals surface area contributed by atoms with Crippen LogP contribution in [0.5, 0.6) is 0 Å². The van der Waals surface area contributed by atoms with E-state index in [9.17, 15) is 9.90 Å². The van der Waals surface area contributed by atoms with Crippen molar-refractivity contribution in [3.05, 3.63) is 33.8 Å². The minimum Gasteiger partial charge on any atom is -0.387 e. The van der Waals surface area contributed by atoms with Crippen molar-refractivity contribution in [3.63, 3.8) is 0 Å². The van der Waals surface area contributed by atoms with Gasteiger partial charge in [0.2, 0.25) is 5.91 Å². The highest BCUT2D eigenvalue weighted by atomic mass is 35.5. The number of halogens is 2. The van der Waals surface area contributed by atoms with Gasteiger partial charge in [0.15, 0.2) is 0 Å². The van der Waals surface area contributed by atoms with Crippen molar-refractivity contribution in [2.24, 2.45) is 0 Å². The lowest BCUT2D eigenvalue weighted by atomic mass is 10.1. The lowest BCUT2D eigenvalue weighted by molar-refractivity contribution is -0.129. The molecular formula is C13H18Cl2N2O2. The summed E-state index contributed by atoms with van der Waals surface area (Å²) in [4.78, 5) is 14.8. The van der Waals surface area contributed by atoms with Crippen LogP contribution in [-0.4, -0.2) is 55.0 Å². The highest BCUT2D eigenvalue weighted by Crippen LogP contribution is 2.26. The second-order valence-corrected chi connectivity index (χ2v) is 5.51. The van der Waals surface area contributed by atoms with Crippen LogP contribution >= 0.6 is 23.2 Å². The molecule has 6 heteroatoms. The molecule has 0 aromatic heterocycles. The molecule has 0 saturated heterocycles. The second-order valence-electron chi connectivity index (χ2n) is 4.67. The molecule has 1 aromatic carbocycles. The van der Waals surface area contributed by atoms with Crippen LogP contribution in [-0.2, 0) is 4.79 Å². The first-order valence-electron chi connectivity index (χ1n) is 5.83. The quantitative estimate of drug-likeness (QED) is 0.905. The molecule has 0 aliphatic carbocycles. The van der Waals surface area contributed by atoms with Crippen molar-refractivity contribution in [2.75, 3.05) is 34.2 Å². The highest BCUT2D eigenvalue weighted by Gasteiger charge is 2.16. The Kier molecular flexibility index (Phi) is 6.07. The van der Waals surface area contributed by atoms with Crippen molar-refractivity contribution >= 4 is 29.1 Å². The molecule has 106 valence electrons. The van der Waals surface area contributed by atoms with E-state index < -0.39 is 6.10 Å². The number of nitrogens with zero attached hydrogens (tertiary/aromatic N) is 2. The molecule has 0 fully saturated rings. The van der Waals surface area contributed by atoms with E-state index in [1.54, 1.807) is 44.2 Å². The number of carbonyl (C=O) groups is 1. The third kappa shape index (κ3) is 4.99. The molecule has 4 nitrogen and oxygen atoms in total. The van der Waals surface area contributed by atoms with Crippen LogP contribution in [0.2, 0.25) is 10.0 Å². The maximum absolute atomic E-state index is 11.5. The van der Waals surface area contributed by atoms with E-state index in [-0.39, 0.29) is 12.5 Å². The largest absolute Gasteiger partial charge is 0.387 e. The summed E-state index contributed by atoms with van der Waals surface area (Å²) < 4.78 is 0. The predicted molar refractivity (Wildman–Crippen MR) is 77.6 cm³/mol. The number of aliphatic hydroxyl groups excluding tert-OH is 1. The van der Waals surface area contributed by atoms with Gasteiger partial charge in [-0.15, -0.1) is 0 Å². The van der Waals surface area contributed by atoms with Gasteiger partial charge >= 0.3 is 0 Å². The highest BCUT2D eigenvalue weighted by molar-refractivity contribution is 6.33. The van der Waals surface area contributed by atoms with Gasteiger partial charge in [0.25, 0.3) is 0 Å². The monoisotopic (exact) mass is 304 g/mol. The molecule has 0 spiro atoms. The van der Waals surface area contributed by atoms with E-state index in [1.807, 2.05) is 0 Å². The molecule has 0 heterocycles. The van der Waals surface area contributed by atoms with E-state index in [0.717, 1.165) is 0 Å². The van der Waals surface area contributed by atoms with Gasteiger partial charge in [0.1, 0.15) is 0 Å². The minimum atomic E-state index is -0.786. The maximum atomic E-state index is 11.5. The van der Waals surface area contributed by atoms with Crippen LogP contribution < -0.4 is 0 Å². The predicted octanol–water partition coefficient (Wildman–Crippen LogP) is 2.05. The summed E-state index contributed by atoms with van der Waals surface area (Å²) in [6.07, 6.45) is -0.786. The zero-order valence-electron chi connectivity index (χ0n) is 11.2. The zero-order valence-corrected chi connectivity index (χ0v) is 12.7. The van der Waals surface area contributed by atoms with Gasteiger partial charge in [-0.3, -0.25) is 9.69 Å². The molecule has 0 saturated carbocycles. The summed E-state index contributed by atoms with van der Waals surface area (Å²) in [5.41, 5.74) is 0.568. The molecule has 1 rings (SSSR count).